The minimum absolute atomic E-state index is 0.0289. The minimum atomic E-state index is -3.24. The fourth-order valence-electron chi connectivity index (χ4n) is 2.06. The quantitative estimate of drug-likeness (QED) is 0.777. The number of amides is 1. The van der Waals surface area contributed by atoms with Gasteiger partial charge in [0, 0.05) is 24.6 Å². The highest BCUT2D eigenvalue weighted by Gasteiger charge is 2.24. The lowest BCUT2D eigenvalue weighted by Gasteiger charge is -2.23. The number of alkyl halides is 1. The van der Waals surface area contributed by atoms with Crippen LogP contribution < -0.4 is 5.32 Å². The van der Waals surface area contributed by atoms with Crippen LogP contribution in [0.25, 0.3) is 0 Å². The predicted octanol–water partition coefficient (Wildman–Crippen LogP) is 1.48. The van der Waals surface area contributed by atoms with E-state index in [1.807, 2.05) is 0 Å². The lowest BCUT2D eigenvalue weighted by Crippen LogP contribution is -2.39. The Kier molecular flexibility index (Phi) is 5.73. The molecule has 0 heterocycles. The van der Waals surface area contributed by atoms with Gasteiger partial charge in [0.15, 0.2) is 9.84 Å². The summed E-state index contributed by atoms with van der Waals surface area (Å²) in [6.07, 6.45) is 6.57. The molecule has 0 spiro atoms. The largest absolute Gasteiger partial charge is 0.353 e. The highest BCUT2D eigenvalue weighted by atomic mass is 35.5. The molecule has 1 amide bonds. The van der Waals surface area contributed by atoms with E-state index in [9.17, 15) is 13.2 Å². The van der Waals surface area contributed by atoms with Crippen molar-refractivity contribution in [3.8, 4) is 0 Å². The Bertz CT molecular complexity index is 350. The molecule has 1 N–H and O–H groups in total. The maximum atomic E-state index is 11.7. The van der Waals surface area contributed by atoms with Crippen LogP contribution in [0.5, 0.6) is 0 Å². The molecule has 1 aliphatic carbocycles. The van der Waals surface area contributed by atoms with Crippen LogP contribution in [0.2, 0.25) is 0 Å². The average Bonchev–Trinajstić information content (AvgIpc) is 2.25. The Morgan fingerprint density at radius 1 is 1.35 bits per heavy atom. The summed E-state index contributed by atoms with van der Waals surface area (Å²) in [5.74, 6) is -0.232. The monoisotopic (exact) mass is 281 g/mol. The highest BCUT2D eigenvalue weighted by Crippen LogP contribution is 2.17. The summed E-state index contributed by atoms with van der Waals surface area (Å²) in [4.78, 5) is 11.7. The Morgan fingerprint density at radius 3 is 2.41 bits per heavy atom. The van der Waals surface area contributed by atoms with Crippen LogP contribution in [0.15, 0.2) is 0 Å². The third-order valence-corrected chi connectivity index (χ3v) is 5.26. The molecule has 100 valence electrons. The van der Waals surface area contributed by atoms with Gasteiger partial charge in [-0.25, -0.2) is 8.42 Å². The van der Waals surface area contributed by atoms with Crippen LogP contribution in [0.3, 0.4) is 0 Å². The van der Waals surface area contributed by atoms with Gasteiger partial charge in [0.05, 0.1) is 5.25 Å². The molecule has 17 heavy (non-hydrogen) atoms. The van der Waals surface area contributed by atoms with Crippen molar-refractivity contribution < 1.29 is 13.2 Å². The van der Waals surface area contributed by atoms with Crippen molar-refractivity contribution in [2.75, 3.05) is 12.1 Å². The lowest BCUT2D eigenvalue weighted by atomic mass is 9.95. The Balaban J connectivity index is 2.42. The summed E-state index contributed by atoms with van der Waals surface area (Å²) in [6, 6.07) is 0.215. The van der Waals surface area contributed by atoms with Crippen LogP contribution in [0.4, 0.5) is 0 Å². The van der Waals surface area contributed by atoms with E-state index in [-0.39, 0.29) is 24.2 Å². The lowest BCUT2D eigenvalue weighted by molar-refractivity contribution is -0.121. The highest BCUT2D eigenvalue weighted by molar-refractivity contribution is 7.91. The normalized spacial score (nSPS) is 19.9. The molecule has 1 rings (SSSR count). The molecule has 1 aliphatic rings. The molecule has 0 radical (unpaired) electrons. The summed E-state index contributed by atoms with van der Waals surface area (Å²) in [6.45, 7) is 0. The second-order valence-electron chi connectivity index (χ2n) is 4.71. The van der Waals surface area contributed by atoms with E-state index in [0.717, 1.165) is 31.9 Å². The molecule has 1 atom stereocenters. The van der Waals surface area contributed by atoms with E-state index in [1.54, 1.807) is 0 Å². The predicted molar refractivity (Wildman–Crippen MR) is 69.0 cm³/mol. The van der Waals surface area contributed by atoms with Crippen molar-refractivity contribution in [2.45, 2.75) is 49.8 Å². The zero-order valence-corrected chi connectivity index (χ0v) is 11.7. The van der Waals surface area contributed by atoms with Gasteiger partial charge in [-0.3, -0.25) is 4.79 Å². The summed E-state index contributed by atoms with van der Waals surface area (Å²) in [5.41, 5.74) is 0. The maximum absolute atomic E-state index is 11.7. The van der Waals surface area contributed by atoms with Gasteiger partial charge >= 0.3 is 0 Å². The van der Waals surface area contributed by atoms with E-state index in [2.05, 4.69) is 5.32 Å². The van der Waals surface area contributed by atoms with Gasteiger partial charge in [0.2, 0.25) is 5.91 Å². The standard InChI is InChI=1S/C11H20ClNO3S/c1-17(15,16)10(8-12)7-11(14)13-9-5-3-2-4-6-9/h9-10H,2-8H2,1H3,(H,13,14). The van der Waals surface area contributed by atoms with Gasteiger partial charge in [-0.15, -0.1) is 11.6 Å². The van der Waals surface area contributed by atoms with E-state index in [1.165, 1.54) is 6.42 Å². The van der Waals surface area contributed by atoms with E-state index in [4.69, 9.17) is 11.6 Å². The second-order valence-corrected chi connectivity index (χ2v) is 7.35. The van der Waals surface area contributed by atoms with Crippen LogP contribution in [-0.2, 0) is 14.6 Å². The van der Waals surface area contributed by atoms with Crippen molar-refractivity contribution in [1.82, 2.24) is 5.32 Å². The number of carbonyl (C=O) groups excluding carboxylic acids is 1. The minimum Gasteiger partial charge on any atom is -0.353 e. The number of hydrogen-bond acceptors (Lipinski definition) is 3. The smallest absolute Gasteiger partial charge is 0.221 e. The molecular formula is C11H20ClNO3S. The number of halogens is 1. The SMILES string of the molecule is CS(=O)(=O)C(CCl)CC(=O)NC1CCCCC1. The maximum Gasteiger partial charge on any atom is 0.221 e. The molecule has 1 fully saturated rings. The third-order valence-electron chi connectivity index (χ3n) is 3.16. The fraction of sp³-hybridized carbons (Fsp3) is 0.909. The topological polar surface area (TPSA) is 63.2 Å². The van der Waals surface area contributed by atoms with Gasteiger partial charge < -0.3 is 5.32 Å². The van der Waals surface area contributed by atoms with Gasteiger partial charge in [-0.2, -0.15) is 0 Å². The first-order valence-corrected chi connectivity index (χ1v) is 8.46. The molecule has 1 saturated carbocycles. The van der Waals surface area contributed by atoms with Gasteiger partial charge in [-0.05, 0) is 12.8 Å². The van der Waals surface area contributed by atoms with E-state index in [0.29, 0.717) is 0 Å². The molecule has 0 aromatic carbocycles. The molecule has 0 aromatic rings. The zero-order valence-electron chi connectivity index (χ0n) is 10.1. The number of carbonyl (C=O) groups is 1. The molecule has 4 nitrogen and oxygen atoms in total. The Hall–Kier alpha value is -0.290. The van der Waals surface area contributed by atoms with Crippen LogP contribution in [-0.4, -0.2) is 37.8 Å². The van der Waals surface area contributed by atoms with E-state index >= 15 is 0 Å². The van der Waals surface area contributed by atoms with E-state index < -0.39 is 15.1 Å². The number of nitrogens with one attached hydrogen (secondary N) is 1. The fourth-order valence-corrected chi connectivity index (χ4v) is 3.54. The molecule has 0 aliphatic heterocycles. The van der Waals surface area contributed by atoms with Gasteiger partial charge in [0.25, 0.3) is 0 Å². The first-order valence-electron chi connectivity index (χ1n) is 5.97. The average molecular weight is 282 g/mol. The van der Waals surface area contributed by atoms with Crippen molar-refractivity contribution in [3.05, 3.63) is 0 Å². The molecule has 0 bridgehead atoms. The van der Waals surface area contributed by atoms with Crippen molar-refractivity contribution >= 4 is 27.3 Å². The van der Waals surface area contributed by atoms with Crippen molar-refractivity contribution in [3.63, 3.8) is 0 Å². The second kappa shape index (κ2) is 6.59. The molecule has 0 saturated heterocycles. The molecule has 1 unspecified atom stereocenters. The summed E-state index contributed by atoms with van der Waals surface area (Å²) < 4.78 is 22.7. The van der Waals surface area contributed by atoms with Crippen LogP contribution >= 0.6 is 11.6 Å². The van der Waals surface area contributed by atoms with Crippen LogP contribution in [0, 0.1) is 0 Å². The molecule has 6 heteroatoms. The first kappa shape index (κ1) is 14.8. The van der Waals surface area contributed by atoms with Crippen LogP contribution in [0.1, 0.15) is 38.5 Å². The van der Waals surface area contributed by atoms with Crippen molar-refractivity contribution in [2.24, 2.45) is 0 Å². The third kappa shape index (κ3) is 5.25. The van der Waals surface area contributed by atoms with Crippen molar-refractivity contribution in [1.29, 1.82) is 0 Å². The number of sulfone groups is 1. The molecular weight excluding hydrogens is 262 g/mol. The number of hydrogen-bond donors (Lipinski definition) is 1. The summed E-state index contributed by atoms with van der Waals surface area (Å²) in [7, 11) is -3.24. The molecule has 0 aromatic heterocycles. The summed E-state index contributed by atoms with van der Waals surface area (Å²) >= 11 is 5.58. The first-order chi connectivity index (χ1) is 7.93. The Labute approximate surface area is 108 Å². The number of rotatable bonds is 5. The Morgan fingerprint density at radius 2 is 1.94 bits per heavy atom. The van der Waals surface area contributed by atoms with Gasteiger partial charge in [0.1, 0.15) is 0 Å². The zero-order chi connectivity index (χ0) is 12.9. The summed E-state index contributed by atoms with van der Waals surface area (Å²) in [5, 5.41) is 2.12. The van der Waals surface area contributed by atoms with Gasteiger partial charge in [-0.1, -0.05) is 19.3 Å².